The molecule has 2 amide bonds. The summed E-state index contributed by atoms with van der Waals surface area (Å²) in [5.74, 6) is -1.20. The van der Waals surface area contributed by atoms with Crippen LogP contribution in [0.1, 0.15) is 33.6 Å². The molecule has 0 fully saturated rings. The predicted molar refractivity (Wildman–Crippen MR) is 80.1 cm³/mol. The van der Waals surface area contributed by atoms with Gasteiger partial charge in [0.25, 0.3) is 0 Å². The molecule has 0 aliphatic rings. The third-order valence-electron chi connectivity index (χ3n) is 3.02. The molecule has 6 nitrogen and oxygen atoms in total. The number of aliphatic carboxylic acids is 1. The van der Waals surface area contributed by atoms with Gasteiger partial charge in [-0.25, -0.2) is 4.79 Å². The van der Waals surface area contributed by atoms with Crippen LogP contribution in [0.2, 0.25) is 0 Å². The van der Waals surface area contributed by atoms with Crippen molar-refractivity contribution in [3.8, 4) is 0 Å². The number of rotatable bonds is 9. The standard InChI is InChI=1S/C13H26N2O4S/c1-9(2)7-11(12(16)17)8-15-13(18)14-6-5-10(3)20(4)19/h9-11H,5-8H2,1-4H3,(H,16,17)(H2,14,15,18). The molecule has 0 bridgehead atoms. The lowest BCUT2D eigenvalue weighted by molar-refractivity contribution is -0.142. The fourth-order valence-electron chi connectivity index (χ4n) is 1.67. The number of carboxylic acids is 1. The van der Waals surface area contributed by atoms with Crippen LogP contribution < -0.4 is 10.6 Å². The summed E-state index contributed by atoms with van der Waals surface area (Å²) in [5, 5.41) is 14.3. The van der Waals surface area contributed by atoms with Gasteiger partial charge in [-0.1, -0.05) is 20.8 Å². The second kappa shape index (κ2) is 9.74. The Morgan fingerprint density at radius 3 is 2.25 bits per heavy atom. The molecule has 0 radical (unpaired) electrons. The summed E-state index contributed by atoms with van der Waals surface area (Å²) < 4.78 is 11.1. The van der Waals surface area contributed by atoms with Crippen LogP contribution in [0.15, 0.2) is 0 Å². The van der Waals surface area contributed by atoms with E-state index in [1.54, 1.807) is 6.26 Å². The van der Waals surface area contributed by atoms with Crippen LogP contribution >= 0.6 is 0 Å². The molecule has 20 heavy (non-hydrogen) atoms. The highest BCUT2D eigenvalue weighted by atomic mass is 32.2. The molecular formula is C13H26N2O4S. The Labute approximate surface area is 123 Å². The van der Waals surface area contributed by atoms with Crippen LogP contribution in [-0.4, -0.2) is 45.9 Å². The first-order chi connectivity index (χ1) is 9.23. The normalized spacial score (nSPS) is 15.4. The zero-order valence-corrected chi connectivity index (χ0v) is 13.5. The molecule has 0 aromatic heterocycles. The van der Waals surface area contributed by atoms with Crippen molar-refractivity contribution in [3.05, 3.63) is 0 Å². The molecule has 3 atom stereocenters. The number of nitrogens with one attached hydrogen (secondary N) is 2. The third kappa shape index (κ3) is 8.90. The largest absolute Gasteiger partial charge is 0.481 e. The van der Waals surface area contributed by atoms with Gasteiger partial charge >= 0.3 is 12.0 Å². The minimum atomic E-state index is -0.898. The maximum atomic E-state index is 11.5. The molecule has 0 saturated heterocycles. The van der Waals surface area contributed by atoms with Crippen molar-refractivity contribution in [2.24, 2.45) is 11.8 Å². The van der Waals surface area contributed by atoms with E-state index in [1.807, 2.05) is 20.8 Å². The van der Waals surface area contributed by atoms with Gasteiger partial charge in [0, 0.05) is 35.4 Å². The molecule has 0 spiro atoms. The SMILES string of the molecule is CC(C)CC(CNC(=O)NCCC(C)S(C)=O)C(=O)O. The Morgan fingerprint density at radius 2 is 1.80 bits per heavy atom. The number of hydrogen-bond acceptors (Lipinski definition) is 3. The average molecular weight is 306 g/mol. The van der Waals surface area contributed by atoms with Gasteiger partial charge in [0.1, 0.15) is 0 Å². The Kier molecular flexibility index (Phi) is 9.20. The molecule has 0 aromatic carbocycles. The highest BCUT2D eigenvalue weighted by Crippen LogP contribution is 2.10. The van der Waals surface area contributed by atoms with Crippen LogP contribution in [-0.2, 0) is 15.6 Å². The first-order valence-electron chi connectivity index (χ1n) is 6.80. The van der Waals surface area contributed by atoms with Crippen molar-refractivity contribution in [3.63, 3.8) is 0 Å². The maximum absolute atomic E-state index is 11.5. The summed E-state index contributed by atoms with van der Waals surface area (Å²) in [5.41, 5.74) is 0. The number of urea groups is 1. The molecule has 0 rings (SSSR count). The zero-order valence-electron chi connectivity index (χ0n) is 12.6. The number of carbonyl (C=O) groups is 2. The number of carbonyl (C=O) groups excluding carboxylic acids is 1. The van der Waals surface area contributed by atoms with E-state index >= 15 is 0 Å². The van der Waals surface area contributed by atoms with Gasteiger partial charge in [0.2, 0.25) is 0 Å². The Morgan fingerprint density at radius 1 is 1.20 bits per heavy atom. The van der Waals surface area contributed by atoms with Crippen LogP contribution in [0.5, 0.6) is 0 Å². The summed E-state index contributed by atoms with van der Waals surface area (Å²) in [7, 11) is -0.898. The highest BCUT2D eigenvalue weighted by Gasteiger charge is 2.19. The lowest BCUT2D eigenvalue weighted by Gasteiger charge is -2.16. The Bertz CT molecular complexity index is 347. The molecule has 0 heterocycles. The second-order valence-corrected chi connectivity index (χ2v) is 7.20. The summed E-state index contributed by atoms with van der Waals surface area (Å²) in [6, 6.07) is -0.380. The van der Waals surface area contributed by atoms with E-state index in [9.17, 15) is 13.8 Å². The van der Waals surface area contributed by atoms with E-state index < -0.39 is 22.7 Å². The van der Waals surface area contributed by atoms with Gasteiger partial charge in [-0.2, -0.15) is 0 Å². The van der Waals surface area contributed by atoms with E-state index in [2.05, 4.69) is 10.6 Å². The predicted octanol–water partition coefficient (Wildman–Crippen LogP) is 1.19. The van der Waals surface area contributed by atoms with E-state index in [-0.39, 0.29) is 23.7 Å². The molecule has 0 aliphatic heterocycles. The van der Waals surface area contributed by atoms with Crippen molar-refractivity contribution in [2.75, 3.05) is 19.3 Å². The molecule has 3 unspecified atom stereocenters. The van der Waals surface area contributed by atoms with Crippen LogP contribution in [0.25, 0.3) is 0 Å². The van der Waals surface area contributed by atoms with E-state index in [1.165, 1.54) is 0 Å². The molecule has 0 aliphatic carbocycles. The quantitative estimate of drug-likeness (QED) is 0.596. The van der Waals surface area contributed by atoms with Gasteiger partial charge in [-0.3, -0.25) is 9.00 Å². The average Bonchev–Trinajstić information content (AvgIpc) is 2.33. The zero-order chi connectivity index (χ0) is 15.7. The van der Waals surface area contributed by atoms with E-state index in [0.717, 1.165) is 0 Å². The van der Waals surface area contributed by atoms with Crippen molar-refractivity contribution in [1.29, 1.82) is 0 Å². The van der Waals surface area contributed by atoms with Crippen molar-refractivity contribution < 1.29 is 18.9 Å². The molecule has 3 N–H and O–H groups in total. The van der Waals surface area contributed by atoms with Gasteiger partial charge in [0.15, 0.2) is 0 Å². The monoisotopic (exact) mass is 306 g/mol. The molecule has 0 saturated carbocycles. The highest BCUT2D eigenvalue weighted by molar-refractivity contribution is 7.84. The minimum absolute atomic E-state index is 0.0306. The third-order valence-corrected chi connectivity index (χ3v) is 4.39. The van der Waals surface area contributed by atoms with E-state index in [0.29, 0.717) is 19.4 Å². The summed E-state index contributed by atoms with van der Waals surface area (Å²) in [4.78, 5) is 22.5. The lowest BCUT2D eigenvalue weighted by atomic mass is 9.97. The fourth-order valence-corrected chi connectivity index (χ4v) is 2.12. The van der Waals surface area contributed by atoms with Crippen molar-refractivity contribution in [2.45, 2.75) is 38.9 Å². The summed E-state index contributed by atoms with van der Waals surface area (Å²) in [6.45, 7) is 6.30. The lowest BCUT2D eigenvalue weighted by Crippen LogP contribution is -2.41. The fraction of sp³-hybridized carbons (Fsp3) is 0.846. The first kappa shape index (κ1) is 18.9. The van der Waals surface area contributed by atoms with Gasteiger partial charge in [-0.05, 0) is 18.8 Å². The van der Waals surface area contributed by atoms with Crippen LogP contribution in [0.4, 0.5) is 4.79 Å². The molecule has 7 heteroatoms. The van der Waals surface area contributed by atoms with Crippen molar-refractivity contribution in [1.82, 2.24) is 10.6 Å². The second-order valence-electron chi connectivity index (χ2n) is 5.40. The smallest absolute Gasteiger partial charge is 0.314 e. The minimum Gasteiger partial charge on any atom is -0.481 e. The molecule has 0 aromatic rings. The van der Waals surface area contributed by atoms with Crippen molar-refractivity contribution >= 4 is 22.8 Å². The Hall–Kier alpha value is -1.11. The van der Waals surface area contributed by atoms with Gasteiger partial charge in [-0.15, -0.1) is 0 Å². The van der Waals surface area contributed by atoms with Crippen LogP contribution in [0.3, 0.4) is 0 Å². The van der Waals surface area contributed by atoms with Crippen LogP contribution in [0, 0.1) is 11.8 Å². The van der Waals surface area contributed by atoms with E-state index in [4.69, 9.17) is 5.11 Å². The summed E-state index contributed by atoms with van der Waals surface area (Å²) >= 11 is 0. The number of carboxylic acid groups (broad SMARTS) is 1. The molecule has 118 valence electrons. The van der Waals surface area contributed by atoms with Gasteiger partial charge in [0.05, 0.1) is 5.92 Å². The summed E-state index contributed by atoms with van der Waals surface area (Å²) in [6.07, 6.45) is 2.79. The molecular weight excluding hydrogens is 280 g/mol. The first-order valence-corrected chi connectivity index (χ1v) is 8.42. The maximum Gasteiger partial charge on any atom is 0.314 e. The Balaban J connectivity index is 3.96. The number of amides is 2. The van der Waals surface area contributed by atoms with Gasteiger partial charge < -0.3 is 15.7 Å². The number of hydrogen-bond donors (Lipinski definition) is 3. The topological polar surface area (TPSA) is 95.5 Å².